The molecule has 0 atom stereocenters. The summed E-state index contributed by atoms with van der Waals surface area (Å²) in [6.45, 7) is 4.63. The molecule has 3 N–H and O–H groups in total. The number of hydrogen-bond acceptors (Lipinski definition) is 4. The minimum Gasteiger partial charge on any atom is -0.494 e. The Labute approximate surface area is 130 Å². The van der Waals surface area contributed by atoms with Gasteiger partial charge in [-0.05, 0) is 12.8 Å². The van der Waals surface area contributed by atoms with Crippen LogP contribution in [0.4, 0.5) is 0 Å². The Balaban J connectivity index is 2.31. The number of aromatic hydroxyl groups is 2. The van der Waals surface area contributed by atoms with Crippen molar-refractivity contribution in [2.75, 3.05) is 20.1 Å². The number of hydrogen-bond donors (Lipinski definition) is 3. The highest BCUT2D eigenvalue weighted by Crippen LogP contribution is 2.28. The van der Waals surface area contributed by atoms with Gasteiger partial charge in [0.2, 0.25) is 11.8 Å². The van der Waals surface area contributed by atoms with Crippen LogP contribution in [0.1, 0.15) is 32.3 Å². The van der Waals surface area contributed by atoms with Crippen molar-refractivity contribution in [3.63, 3.8) is 0 Å². The lowest BCUT2D eigenvalue weighted by molar-refractivity contribution is -0.128. The van der Waals surface area contributed by atoms with E-state index in [9.17, 15) is 19.8 Å². The van der Waals surface area contributed by atoms with E-state index in [2.05, 4.69) is 5.32 Å². The van der Waals surface area contributed by atoms with E-state index < -0.39 is 0 Å². The van der Waals surface area contributed by atoms with E-state index in [1.165, 1.54) is 22.5 Å². The first kappa shape index (κ1) is 17.9. The molecule has 0 aliphatic heterocycles. The molecule has 1 aromatic heterocycles. The minimum atomic E-state index is -0.112. The van der Waals surface area contributed by atoms with Gasteiger partial charge in [0.15, 0.2) is 11.8 Å². The van der Waals surface area contributed by atoms with Gasteiger partial charge in [-0.1, -0.05) is 6.92 Å². The average Bonchev–Trinajstić information content (AvgIpc) is 2.74. The number of nitrogens with one attached hydrogen (secondary N) is 1. The Bertz CT molecular complexity index is 525. The van der Waals surface area contributed by atoms with Gasteiger partial charge < -0.3 is 20.4 Å². The second kappa shape index (κ2) is 8.31. The van der Waals surface area contributed by atoms with E-state index in [-0.39, 0.29) is 23.6 Å². The molecule has 0 unspecified atom stereocenters. The first-order valence-corrected chi connectivity index (χ1v) is 7.45. The summed E-state index contributed by atoms with van der Waals surface area (Å²) < 4.78 is 1.40. The van der Waals surface area contributed by atoms with Gasteiger partial charge in [0.05, 0.1) is 0 Å². The molecule has 0 aromatic carbocycles. The van der Waals surface area contributed by atoms with Gasteiger partial charge in [0.25, 0.3) is 0 Å². The first-order valence-electron chi connectivity index (χ1n) is 7.45. The highest BCUT2D eigenvalue weighted by Gasteiger charge is 2.12. The maximum atomic E-state index is 11.7. The molecular weight excluding hydrogens is 286 g/mol. The largest absolute Gasteiger partial charge is 0.494 e. The number of carbonyl (C=O) groups is 2. The highest BCUT2D eigenvalue weighted by molar-refractivity contribution is 5.76. The van der Waals surface area contributed by atoms with Crippen molar-refractivity contribution in [1.29, 1.82) is 0 Å². The molecular formula is C15H25N3O4. The molecule has 0 radical (unpaired) electrons. The molecule has 0 saturated heterocycles. The van der Waals surface area contributed by atoms with Gasteiger partial charge in [-0.2, -0.15) is 0 Å². The van der Waals surface area contributed by atoms with Crippen molar-refractivity contribution in [3.8, 4) is 11.8 Å². The highest BCUT2D eigenvalue weighted by atomic mass is 16.3. The maximum absolute atomic E-state index is 11.7. The summed E-state index contributed by atoms with van der Waals surface area (Å²) in [6, 6.07) is 1.53. The van der Waals surface area contributed by atoms with Gasteiger partial charge in [0.1, 0.15) is 0 Å². The Kier molecular flexibility index (Phi) is 6.75. The quantitative estimate of drug-likeness (QED) is 0.663. The summed E-state index contributed by atoms with van der Waals surface area (Å²) in [7, 11) is 1.68. The van der Waals surface area contributed by atoms with Crippen LogP contribution in [0.15, 0.2) is 6.07 Å². The number of aromatic nitrogens is 1. The van der Waals surface area contributed by atoms with Crippen molar-refractivity contribution in [1.82, 2.24) is 14.8 Å². The van der Waals surface area contributed by atoms with Gasteiger partial charge in [-0.15, -0.1) is 0 Å². The fraction of sp³-hybridized carbons (Fsp3) is 0.600. The molecule has 0 bridgehead atoms. The molecule has 0 aliphatic carbocycles. The van der Waals surface area contributed by atoms with Crippen molar-refractivity contribution in [2.24, 2.45) is 0 Å². The van der Waals surface area contributed by atoms with Gasteiger partial charge in [-0.25, -0.2) is 0 Å². The van der Waals surface area contributed by atoms with Crippen LogP contribution in [-0.4, -0.2) is 51.6 Å². The summed E-state index contributed by atoms with van der Waals surface area (Å²) in [5, 5.41) is 22.4. The summed E-state index contributed by atoms with van der Waals surface area (Å²) in [4.78, 5) is 24.2. The summed E-state index contributed by atoms with van der Waals surface area (Å²) >= 11 is 0. The number of likely N-dealkylation sites (N-methyl/N-ethyl adjacent to an activating group) is 1. The number of carbonyl (C=O) groups excluding carboxylic acids is 2. The molecule has 124 valence electrons. The molecule has 1 rings (SSSR count). The fourth-order valence-electron chi connectivity index (χ4n) is 2.07. The third kappa shape index (κ3) is 4.98. The molecule has 0 saturated carbocycles. The van der Waals surface area contributed by atoms with Gasteiger partial charge in [-0.3, -0.25) is 14.2 Å². The van der Waals surface area contributed by atoms with E-state index in [0.717, 1.165) is 0 Å². The normalized spacial score (nSPS) is 10.5. The molecule has 0 aliphatic rings. The van der Waals surface area contributed by atoms with Crippen LogP contribution in [0.3, 0.4) is 0 Å². The number of aryl methyl sites for hydroxylation is 1. The second-order valence-electron chi connectivity index (χ2n) is 5.25. The number of rotatable bonds is 8. The first-order chi connectivity index (χ1) is 10.4. The summed E-state index contributed by atoms with van der Waals surface area (Å²) in [5.41, 5.74) is 0.689. The lowest BCUT2D eigenvalue weighted by atomic mass is 10.2. The molecule has 7 heteroatoms. The molecule has 2 amide bonds. The van der Waals surface area contributed by atoms with Gasteiger partial charge >= 0.3 is 0 Å². The minimum absolute atomic E-state index is 0.0119. The standard InChI is InChI=1S/C15H25N3O4/c1-4-12-10-14(21)18(15(12)22)8-5-6-13(20)16-7-9-17(3)11(2)19/h10,21-22H,4-9H2,1-3H3,(H,16,20). The smallest absolute Gasteiger partial charge is 0.220 e. The Morgan fingerprint density at radius 1 is 1.36 bits per heavy atom. The van der Waals surface area contributed by atoms with Crippen LogP contribution < -0.4 is 5.32 Å². The fourth-order valence-corrected chi connectivity index (χ4v) is 2.07. The zero-order valence-electron chi connectivity index (χ0n) is 13.4. The SMILES string of the molecule is CCc1cc(O)n(CCCC(=O)NCCN(C)C(C)=O)c1O. The maximum Gasteiger partial charge on any atom is 0.220 e. The lowest BCUT2D eigenvalue weighted by Gasteiger charge is -2.15. The average molecular weight is 311 g/mol. The Hall–Kier alpha value is -2.18. The molecule has 7 nitrogen and oxygen atoms in total. The topological polar surface area (TPSA) is 94.8 Å². The zero-order valence-corrected chi connectivity index (χ0v) is 13.4. The van der Waals surface area contributed by atoms with Crippen molar-refractivity contribution in [2.45, 2.75) is 39.7 Å². The van der Waals surface area contributed by atoms with E-state index in [4.69, 9.17) is 0 Å². The van der Waals surface area contributed by atoms with E-state index in [1.807, 2.05) is 6.92 Å². The predicted octanol–water partition coefficient (Wildman–Crippen LogP) is 0.836. The van der Waals surface area contributed by atoms with Crippen molar-refractivity contribution >= 4 is 11.8 Å². The van der Waals surface area contributed by atoms with E-state index >= 15 is 0 Å². The summed E-state index contributed by atoms with van der Waals surface area (Å²) in [5.74, 6) is -0.0836. The molecule has 22 heavy (non-hydrogen) atoms. The van der Waals surface area contributed by atoms with Crippen LogP contribution in [0.2, 0.25) is 0 Å². The molecule has 1 heterocycles. The molecule has 0 fully saturated rings. The van der Waals surface area contributed by atoms with Crippen LogP contribution in [0, 0.1) is 0 Å². The van der Waals surface area contributed by atoms with E-state index in [0.29, 0.717) is 44.5 Å². The lowest BCUT2D eigenvalue weighted by Crippen LogP contribution is -2.35. The number of nitrogens with zero attached hydrogens (tertiary/aromatic N) is 2. The molecule has 1 aromatic rings. The Morgan fingerprint density at radius 3 is 2.59 bits per heavy atom. The van der Waals surface area contributed by atoms with Crippen LogP contribution in [0.25, 0.3) is 0 Å². The summed E-state index contributed by atoms with van der Waals surface area (Å²) in [6.07, 6.45) is 1.44. The van der Waals surface area contributed by atoms with Crippen molar-refractivity contribution < 1.29 is 19.8 Å². The van der Waals surface area contributed by atoms with Crippen LogP contribution >= 0.6 is 0 Å². The van der Waals surface area contributed by atoms with Crippen molar-refractivity contribution in [3.05, 3.63) is 11.6 Å². The zero-order chi connectivity index (χ0) is 16.7. The predicted molar refractivity (Wildman–Crippen MR) is 82.7 cm³/mol. The van der Waals surface area contributed by atoms with E-state index in [1.54, 1.807) is 7.05 Å². The number of amides is 2. The second-order valence-corrected chi connectivity index (χ2v) is 5.25. The molecule has 0 spiro atoms. The third-order valence-corrected chi connectivity index (χ3v) is 3.60. The van der Waals surface area contributed by atoms with Crippen LogP contribution in [0.5, 0.6) is 11.8 Å². The Morgan fingerprint density at radius 2 is 2.05 bits per heavy atom. The monoisotopic (exact) mass is 311 g/mol. The van der Waals surface area contributed by atoms with Gasteiger partial charge in [0, 0.05) is 51.7 Å². The third-order valence-electron chi connectivity index (χ3n) is 3.60. The van der Waals surface area contributed by atoms with Crippen LogP contribution in [-0.2, 0) is 22.6 Å².